The molecule has 1 aliphatic heterocycles. The normalized spacial score (nSPS) is 15.8. The quantitative estimate of drug-likeness (QED) is 0.676. The van der Waals surface area contributed by atoms with E-state index in [1.807, 2.05) is 23.8 Å². The molecule has 0 aromatic carbocycles. The number of ketones is 1. The molecular weight excluding hydrogens is 204 g/mol. The van der Waals surface area contributed by atoms with Gasteiger partial charge in [-0.3, -0.25) is 14.5 Å². The number of nitrogens with zero attached hydrogens (tertiary/aromatic N) is 2. The molecule has 0 aliphatic carbocycles. The van der Waals surface area contributed by atoms with Gasteiger partial charge >= 0.3 is 0 Å². The fourth-order valence-corrected chi connectivity index (χ4v) is 2.01. The first kappa shape index (κ1) is 13.2. The molecule has 0 aromatic heterocycles. The van der Waals surface area contributed by atoms with E-state index >= 15 is 0 Å². The van der Waals surface area contributed by atoms with Crippen LogP contribution >= 0.6 is 0 Å². The van der Waals surface area contributed by atoms with E-state index in [2.05, 4.69) is 0 Å². The summed E-state index contributed by atoms with van der Waals surface area (Å²) in [5.41, 5.74) is 0. The minimum atomic E-state index is 0.157. The highest BCUT2D eigenvalue weighted by Gasteiger charge is 2.19. The van der Waals surface area contributed by atoms with Crippen molar-refractivity contribution in [1.82, 2.24) is 9.80 Å². The second kappa shape index (κ2) is 6.63. The van der Waals surface area contributed by atoms with E-state index in [-0.39, 0.29) is 11.7 Å². The van der Waals surface area contributed by atoms with Crippen LogP contribution in [0.4, 0.5) is 0 Å². The number of carbonyl (C=O) groups excluding carboxylic acids is 2. The Morgan fingerprint density at radius 3 is 2.38 bits per heavy atom. The molecule has 1 fully saturated rings. The van der Waals surface area contributed by atoms with Gasteiger partial charge in [0.25, 0.3) is 0 Å². The van der Waals surface area contributed by atoms with Crippen LogP contribution in [0.15, 0.2) is 0 Å². The van der Waals surface area contributed by atoms with Crippen LogP contribution in [-0.2, 0) is 9.59 Å². The zero-order valence-electron chi connectivity index (χ0n) is 10.4. The second-order valence-electron chi connectivity index (χ2n) is 4.55. The number of likely N-dealkylation sites (N-methyl/N-ethyl adjacent to an activating group) is 1. The molecule has 1 saturated heterocycles. The standard InChI is InChI=1S/C12H22N2O2/c1-3-6-11(15)9-13(2)10-12(16)14-7-4-5-8-14/h3-10H2,1-2H3. The summed E-state index contributed by atoms with van der Waals surface area (Å²) in [6, 6.07) is 0. The summed E-state index contributed by atoms with van der Waals surface area (Å²) in [6.45, 7) is 4.53. The van der Waals surface area contributed by atoms with Crippen LogP contribution < -0.4 is 0 Å². The summed E-state index contributed by atoms with van der Waals surface area (Å²) in [6.07, 6.45) is 3.73. The predicted octanol–water partition coefficient (Wildman–Crippen LogP) is 0.910. The topological polar surface area (TPSA) is 40.6 Å². The van der Waals surface area contributed by atoms with Gasteiger partial charge in [0.05, 0.1) is 13.1 Å². The second-order valence-corrected chi connectivity index (χ2v) is 4.55. The van der Waals surface area contributed by atoms with E-state index in [0.717, 1.165) is 32.4 Å². The molecule has 4 heteroatoms. The molecule has 4 nitrogen and oxygen atoms in total. The van der Waals surface area contributed by atoms with Crippen molar-refractivity contribution in [2.24, 2.45) is 0 Å². The van der Waals surface area contributed by atoms with Gasteiger partial charge in [-0.1, -0.05) is 6.92 Å². The number of hydrogen-bond acceptors (Lipinski definition) is 3. The average Bonchev–Trinajstić information content (AvgIpc) is 2.69. The van der Waals surface area contributed by atoms with Crippen molar-refractivity contribution in [3.63, 3.8) is 0 Å². The van der Waals surface area contributed by atoms with E-state index in [1.54, 1.807) is 0 Å². The number of amides is 1. The Kier molecular flexibility index (Phi) is 5.46. The van der Waals surface area contributed by atoms with Crippen molar-refractivity contribution in [2.75, 3.05) is 33.2 Å². The Morgan fingerprint density at radius 2 is 1.81 bits per heavy atom. The zero-order valence-corrected chi connectivity index (χ0v) is 10.4. The molecular formula is C12H22N2O2. The monoisotopic (exact) mass is 226 g/mol. The maximum Gasteiger partial charge on any atom is 0.236 e. The number of Topliss-reactive ketones (excluding diaryl/α,β-unsaturated/α-hetero) is 1. The maximum absolute atomic E-state index is 11.8. The molecule has 0 saturated carbocycles. The molecule has 0 unspecified atom stereocenters. The van der Waals surface area contributed by atoms with Crippen LogP contribution in [0.25, 0.3) is 0 Å². The lowest BCUT2D eigenvalue weighted by Gasteiger charge is -2.20. The lowest BCUT2D eigenvalue weighted by molar-refractivity contribution is -0.131. The number of rotatable bonds is 6. The van der Waals surface area contributed by atoms with Crippen LogP contribution in [-0.4, -0.2) is 54.7 Å². The molecule has 1 rings (SSSR count). The minimum Gasteiger partial charge on any atom is -0.342 e. The molecule has 1 heterocycles. The third-order valence-electron chi connectivity index (χ3n) is 2.84. The van der Waals surface area contributed by atoms with Gasteiger partial charge in [-0.2, -0.15) is 0 Å². The molecule has 1 amide bonds. The Morgan fingerprint density at radius 1 is 1.19 bits per heavy atom. The molecule has 0 radical (unpaired) electrons. The van der Waals surface area contributed by atoms with Crippen molar-refractivity contribution in [1.29, 1.82) is 0 Å². The molecule has 0 aromatic rings. The SMILES string of the molecule is CCCC(=O)CN(C)CC(=O)N1CCCC1. The Balaban J connectivity index is 2.24. The minimum absolute atomic E-state index is 0.157. The van der Waals surface area contributed by atoms with Gasteiger partial charge < -0.3 is 4.90 Å². The van der Waals surface area contributed by atoms with Crippen molar-refractivity contribution in [3.8, 4) is 0 Å². The van der Waals surface area contributed by atoms with Crippen molar-refractivity contribution in [3.05, 3.63) is 0 Å². The summed E-state index contributed by atoms with van der Waals surface area (Å²) in [5, 5.41) is 0. The van der Waals surface area contributed by atoms with Gasteiger partial charge in [-0.25, -0.2) is 0 Å². The molecule has 92 valence electrons. The van der Waals surface area contributed by atoms with E-state index in [4.69, 9.17) is 0 Å². The average molecular weight is 226 g/mol. The summed E-state index contributed by atoms with van der Waals surface area (Å²) in [5.74, 6) is 0.378. The molecule has 0 N–H and O–H groups in total. The van der Waals surface area contributed by atoms with Gasteiger partial charge in [0.2, 0.25) is 5.91 Å². The number of likely N-dealkylation sites (tertiary alicyclic amines) is 1. The first-order valence-electron chi connectivity index (χ1n) is 6.11. The summed E-state index contributed by atoms with van der Waals surface area (Å²) in [4.78, 5) is 26.9. The van der Waals surface area contributed by atoms with E-state index in [9.17, 15) is 9.59 Å². The molecule has 16 heavy (non-hydrogen) atoms. The van der Waals surface area contributed by atoms with Crippen LogP contribution in [0.1, 0.15) is 32.6 Å². The third kappa shape index (κ3) is 4.31. The molecule has 0 atom stereocenters. The number of carbonyl (C=O) groups is 2. The maximum atomic E-state index is 11.8. The fraction of sp³-hybridized carbons (Fsp3) is 0.833. The fourth-order valence-electron chi connectivity index (χ4n) is 2.01. The van der Waals surface area contributed by atoms with Crippen LogP contribution in [0.2, 0.25) is 0 Å². The predicted molar refractivity (Wildman–Crippen MR) is 63.2 cm³/mol. The zero-order chi connectivity index (χ0) is 12.0. The lowest BCUT2D eigenvalue weighted by atomic mass is 10.2. The Hall–Kier alpha value is -0.900. The molecule has 0 bridgehead atoms. The van der Waals surface area contributed by atoms with E-state index in [1.165, 1.54) is 0 Å². The first-order chi connectivity index (χ1) is 7.63. The van der Waals surface area contributed by atoms with E-state index in [0.29, 0.717) is 19.5 Å². The van der Waals surface area contributed by atoms with Crippen LogP contribution in [0, 0.1) is 0 Å². The van der Waals surface area contributed by atoms with Gasteiger partial charge in [0.15, 0.2) is 0 Å². The highest BCUT2D eigenvalue weighted by molar-refractivity contribution is 5.82. The Bertz CT molecular complexity index is 247. The summed E-state index contributed by atoms with van der Waals surface area (Å²) in [7, 11) is 1.83. The summed E-state index contributed by atoms with van der Waals surface area (Å²) >= 11 is 0. The van der Waals surface area contributed by atoms with Crippen molar-refractivity contribution < 1.29 is 9.59 Å². The Labute approximate surface area is 97.6 Å². The third-order valence-corrected chi connectivity index (χ3v) is 2.84. The first-order valence-corrected chi connectivity index (χ1v) is 6.11. The van der Waals surface area contributed by atoms with Crippen LogP contribution in [0.3, 0.4) is 0 Å². The highest BCUT2D eigenvalue weighted by atomic mass is 16.2. The van der Waals surface area contributed by atoms with Gasteiger partial charge in [0, 0.05) is 19.5 Å². The molecule has 1 aliphatic rings. The van der Waals surface area contributed by atoms with Crippen molar-refractivity contribution >= 4 is 11.7 Å². The van der Waals surface area contributed by atoms with Gasteiger partial charge in [-0.05, 0) is 26.3 Å². The number of hydrogen-bond donors (Lipinski definition) is 0. The van der Waals surface area contributed by atoms with Gasteiger partial charge in [-0.15, -0.1) is 0 Å². The lowest BCUT2D eigenvalue weighted by Crippen LogP contribution is -2.39. The smallest absolute Gasteiger partial charge is 0.236 e. The molecule has 0 spiro atoms. The van der Waals surface area contributed by atoms with Crippen molar-refractivity contribution in [2.45, 2.75) is 32.6 Å². The highest BCUT2D eigenvalue weighted by Crippen LogP contribution is 2.07. The van der Waals surface area contributed by atoms with Gasteiger partial charge in [0.1, 0.15) is 5.78 Å². The largest absolute Gasteiger partial charge is 0.342 e. The summed E-state index contributed by atoms with van der Waals surface area (Å²) < 4.78 is 0. The van der Waals surface area contributed by atoms with E-state index < -0.39 is 0 Å². The van der Waals surface area contributed by atoms with Crippen LogP contribution in [0.5, 0.6) is 0 Å².